The van der Waals surface area contributed by atoms with Gasteiger partial charge in [-0.1, -0.05) is 29.8 Å². The van der Waals surface area contributed by atoms with Crippen LogP contribution in [0.15, 0.2) is 47.2 Å². The molecule has 2 nitrogen and oxygen atoms in total. The molecule has 0 amide bonds. The van der Waals surface area contributed by atoms with E-state index in [-0.39, 0.29) is 0 Å². The molecule has 2 aromatic rings. The number of halogens is 1. The lowest BCUT2D eigenvalue weighted by Gasteiger charge is -2.06. The average molecular weight is 277 g/mol. The summed E-state index contributed by atoms with van der Waals surface area (Å²) in [5.74, 6) is 0. The van der Waals surface area contributed by atoms with Crippen molar-refractivity contribution in [2.45, 2.75) is 13.5 Å². The van der Waals surface area contributed by atoms with Crippen LogP contribution in [0.5, 0.6) is 0 Å². The number of aromatic nitrogens is 1. The molecule has 2 rings (SSSR count). The van der Waals surface area contributed by atoms with Gasteiger partial charge in [-0.15, -0.1) is 0 Å². The zero-order valence-corrected chi connectivity index (χ0v) is 10.7. The Hall–Kier alpha value is -1.35. The Kier molecular flexibility index (Phi) is 3.57. The second kappa shape index (κ2) is 5.12. The molecule has 0 saturated heterocycles. The highest BCUT2D eigenvalue weighted by atomic mass is 79.9. The molecule has 0 bridgehead atoms. The zero-order valence-electron chi connectivity index (χ0n) is 9.07. The van der Waals surface area contributed by atoms with Crippen LogP contribution in [-0.4, -0.2) is 4.98 Å². The third-order valence-corrected chi connectivity index (χ3v) is 2.76. The number of aryl methyl sites for hydroxylation is 1. The molecule has 1 aromatic heterocycles. The summed E-state index contributed by atoms with van der Waals surface area (Å²) < 4.78 is 0.987. The highest BCUT2D eigenvalue weighted by Crippen LogP contribution is 2.14. The summed E-state index contributed by atoms with van der Waals surface area (Å²) in [6.07, 6.45) is 3.59. The van der Waals surface area contributed by atoms with Crippen molar-refractivity contribution in [3.8, 4) is 0 Å². The molecule has 3 heteroatoms. The number of nitrogens with zero attached hydrogens (tertiary/aromatic N) is 1. The molecule has 0 aliphatic rings. The maximum absolute atomic E-state index is 4.10. The van der Waals surface area contributed by atoms with Gasteiger partial charge in [0.2, 0.25) is 0 Å². The monoisotopic (exact) mass is 276 g/mol. The van der Waals surface area contributed by atoms with Gasteiger partial charge in [0.05, 0.1) is 11.9 Å². The van der Waals surface area contributed by atoms with Crippen LogP contribution in [0.25, 0.3) is 0 Å². The van der Waals surface area contributed by atoms with Crippen LogP contribution in [0.1, 0.15) is 11.1 Å². The van der Waals surface area contributed by atoms with E-state index >= 15 is 0 Å². The number of anilines is 1. The fraction of sp³-hybridized carbons (Fsp3) is 0.154. The first kappa shape index (κ1) is 11.1. The average Bonchev–Trinajstić information content (AvgIpc) is 2.28. The minimum atomic E-state index is 0.818. The van der Waals surface area contributed by atoms with Gasteiger partial charge < -0.3 is 5.32 Å². The van der Waals surface area contributed by atoms with Crippen molar-refractivity contribution in [2.24, 2.45) is 0 Å². The summed E-state index contributed by atoms with van der Waals surface area (Å²) >= 11 is 3.40. The van der Waals surface area contributed by atoms with E-state index in [4.69, 9.17) is 0 Å². The van der Waals surface area contributed by atoms with Gasteiger partial charge in [0.15, 0.2) is 0 Å². The summed E-state index contributed by atoms with van der Waals surface area (Å²) in [5, 5.41) is 3.33. The molecule has 0 spiro atoms. The van der Waals surface area contributed by atoms with Crippen LogP contribution in [0.3, 0.4) is 0 Å². The topological polar surface area (TPSA) is 24.9 Å². The van der Waals surface area contributed by atoms with Gasteiger partial charge in [-0.2, -0.15) is 0 Å². The molecule has 82 valence electrons. The Morgan fingerprint density at radius 3 is 2.62 bits per heavy atom. The maximum atomic E-state index is 4.10. The molecule has 0 aliphatic heterocycles. The van der Waals surface area contributed by atoms with Gasteiger partial charge in [0.25, 0.3) is 0 Å². The minimum Gasteiger partial charge on any atom is -0.380 e. The van der Waals surface area contributed by atoms with E-state index in [1.165, 1.54) is 11.1 Å². The maximum Gasteiger partial charge on any atom is 0.0540 e. The Morgan fingerprint density at radius 1 is 1.19 bits per heavy atom. The summed E-state index contributed by atoms with van der Waals surface area (Å²) in [5.41, 5.74) is 3.58. The van der Waals surface area contributed by atoms with Gasteiger partial charge in [-0.3, -0.25) is 4.98 Å². The normalized spacial score (nSPS) is 10.1. The first-order chi connectivity index (χ1) is 7.74. The number of rotatable bonds is 3. The first-order valence-electron chi connectivity index (χ1n) is 5.14. The van der Waals surface area contributed by atoms with E-state index in [1.807, 2.05) is 12.3 Å². The molecule has 1 aromatic carbocycles. The smallest absolute Gasteiger partial charge is 0.0540 e. The van der Waals surface area contributed by atoms with Gasteiger partial charge in [0.1, 0.15) is 0 Å². The molecule has 16 heavy (non-hydrogen) atoms. The van der Waals surface area contributed by atoms with Gasteiger partial charge >= 0.3 is 0 Å². The first-order valence-corrected chi connectivity index (χ1v) is 5.93. The highest BCUT2D eigenvalue weighted by Gasteiger charge is 1.95. The highest BCUT2D eigenvalue weighted by molar-refractivity contribution is 9.10. The second-order valence-electron chi connectivity index (χ2n) is 3.73. The Labute approximate surface area is 104 Å². The van der Waals surface area contributed by atoms with Crippen molar-refractivity contribution in [3.63, 3.8) is 0 Å². The fourth-order valence-corrected chi connectivity index (χ4v) is 1.78. The lowest BCUT2D eigenvalue weighted by molar-refractivity contribution is 1.13. The predicted octanol–water partition coefficient (Wildman–Crippen LogP) is 3.76. The fourth-order valence-electron chi connectivity index (χ4n) is 1.42. The molecule has 0 atom stereocenters. The molecule has 0 unspecified atom stereocenters. The predicted molar refractivity (Wildman–Crippen MR) is 70.4 cm³/mol. The van der Waals surface area contributed by atoms with Gasteiger partial charge in [-0.25, -0.2) is 0 Å². The molecule has 0 saturated carbocycles. The summed E-state index contributed by atoms with van der Waals surface area (Å²) in [6.45, 7) is 2.91. The van der Waals surface area contributed by atoms with Crippen LogP contribution < -0.4 is 5.32 Å². The minimum absolute atomic E-state index is 0.818. The van der Waals surface area contributed by atoms with Crippen molar-refractivity contribution < 1.29 is 0 Å². The zero-order chi connectivity index (χ0) is 11.4. The SMILES string of the molecule is Cc1ccc(CNc2cncc(Br)c2)cc1. The molecule has 0 fully saturated rings. The van der Waals surface area contributed by atoms with Crippen molar-refractivity contribution in [1.82, 2.24) is 4.98 Å². The van der Waals surface area contributed by atoms with Crippen LogP contribution in [0.2, 0.25) is 0 Å². The van der Waals surface area contributed by atoms with Crippen LogP contribution in [-0.2, 0) is 6.54 Å². The molecule has 1 heterocycles. The van der Waals surface area contributed by atoms with E-state index in [9.17, 15) is 0 Å². The van der Waals surface area contributed by atoms with Crippen molar-refractivity contribution in [2.75, 3.05) is 5.32 Å². The van der Waals surface area contributed by atoms with Crippen molar-refractivity contribution in [1.29, 1.82) is 0 Å². The van der Waals surface area contributed by atoms with Crippen LogP contribution in [0, 0.1) is 6.92 Å². The van der Waals surface area contributed by atoms with E-state index in [0.29, 0.717) is 0 Å². The Morgan fingerprint density at radius 2 is 1.94 bits per heavy atom. The Bertz CT molecular complexity index is 466. The standard InChI is InChI=1S/C13H13BrN2/c1-10-2-4-11(5-3-10)7-16-13-6-12(14)8-15-9-13/h2-6,8-9,16H,7H2,1H3. The van der Waals surface area contributed by atoms with Crippen LogP contribution >= 0.6 is 15.9 Å². The summed E-state index contributed by atoms with van der Waals surface area (Å²) in [7, 11) is 0. The number of hydrogen-bond acceptors (Lipinski definition) is 2. The Balaban J connectivity index is 1.99. The summed E-state index contributed by atoms with van der Waals surface area (Å²) in [4.78, 5) is 4.10. The molecule has 1 N–H and O–H groups in total. The lowest BCUT2D eigenvalue weighted by Crippen LogP contribution is -1.99. The van der Waals surface area contributed by atoms with Crippen molar-refractivity contribution in [3.05, 3.63) is 58.3 Å². The second-order valence-corrected chi connectivity index (χ2v) is 4.65. The van der Waals surface area contributed by atoms with E-state index in [1.54, 1.807) is 6.20 Å². The van der Waals surface area contributed by atoms with E-state index < -0.39 is 0 Å². The van der Waals surface area contributed by atoms with Gasteiger partial charge in [-0.05, 0) is 34.5 Å². The quantitative estimate of drug-likeness (QED) is 0.923. The van der Waals surface area contributed by atoms with Crippen molar-refractivity contribution >= 4 is 21.6 Å². The number of nitrogens with one attached hydrogen (secondary N) is 1. The van der Waals surface area contributed by atoms with E-state index in [2.05, 4.69) is 57.4 Å². The summed E-state index contributed by atoms with van der Waals surface area (Å²) in [6, 6.07) is 10.5. The molecule has 0 radical (unpaired) electrons. The third-order valence-electron chi connectivity index (χ3n) is 2.32. The molecular formula is C13H13BrN2. The van der Waals surface area contributed by atoms with E-state index in [0.717, 1.165) is 16.7 Å². The largest absolute Gasteiger partial charge is 0.380 e. The lowest BCUT2D eigenvalue weighted by atomic mass is 10.1. The molecular weight excluding hydrogens is 264 g/mol. The number of hydrogen-bond donors (Lipinski definition) is 1. The number of pyridine rings is 1. The number of benzene rings is 1. The van der Waals surface area contributed by atoms with Gasteiger partial charge in [0, 0.05) is 17.2 Å². The third kappa shape index (κ3) is 3.07. The van der Waals surface area contributed by atoms with Crippen LogP contribution in [0.4, 0.5) is 5.69 Å². The molecule has 0 aliphatic carbocycles.